The molecular weight excluding hydrogens is 303 g/mol. The Hall–Kier alpha value is -1.00. The van der Waals surface area contributed by atoms with Gasteiger partial charge in [-0.1, -0.05) is 40.2 Å². The smallest absolute Gasteiger partial charge is 0.139 e. The largest absolute Gasteiger partial charge is 0.254 e. The van der Waals surface area contributed by atoms with Crippen molar-refractivity contribution >= 4 is 26.7 Å². The van der Waals surface area contributed by atoms with E-state index in [1.165, 1.54) is 6.07 Å². The first-order valence-corrected chi connectivity index (χ1v) is 7.15. The molecule has 2 rings (SSSR count). The topological polar surface area (TPSA) is 17.1 Å². The summed E-state index contributed by atoms with van der Waals surface area (Å²) in [5.74, 6) is -0.0863. The van der Waals surface area contributed by atoms with Gasteiger partial charge in [-0.15, -0.1) is 0 Å². The molecule has 1 unspecified atom stereocenters. The van der Waals surface area contributed by atoms with Crippen LogP contribution in [0.5, 0.6) is 0 Å². The third-order valence-electron chi connectivity index (χ3n) is 2.29. The van der Waals surface area contributed by atoms with E-state index in [1.54, 1.807) is 18.2 Å². The van der Waals surface area contributed by atoms with Crippen molar-refractivity contribution < 1.29 is 8.60 Å². The minimum Gasteiger partial charge on any atom is -0.254 e. The highest BCUT2D eigenvalue weighted by Crippen LogP contribution is 2.17. The molecule has 2 aromatic carbocycles. The van der Waals surface area contributed by atoms with Crippen LogP contribution in [0.4, 0.5) is 4.39 Å². The average molecular weight is 313 g/mol. The Bertz CT molecular complexity index is 539. The molecule has 0 heterocycles. The minimum absolute atomic E-state index is 0.260. The van der Waals surface area contributed by atoms with Gasteiger partial charge in [-0.2, -0.15) is 0 Å². The Morgan fingerprint density at radius 3 is 2.35 bits per heavy atom. The van der Waals surface area contributed by atoms with Gasteiger partial charge in [0.25, 0.3) is 0 Å². The van der Waals surface area contributed by atoms with Crippen LogP contribution in [0.3, 0.4) is 0 Å². The molecule has 1 atom stereocenters. The molecule has 0 amide bonds. The van der Waals surface area contributed by atoms with Crippen molar-refractivity contribution in [2.24, 2.45) is 0 Å². The first-order valence-electron chi connectivity index (χ1n) is 5.04. The van der Waals surface area contributed by atoms with Gasteiger partial charge in [0.15, 0.2) is 0 Å². The molecule has 88 valence electrons. The normalized spacial score (nSPS) is 12.4. The van der Waals surface area contributed by atoms with E-state index in [-0.39, 0.29) is 4.90 Å². The lowest BCUT2D eigenvalue weighted by Gasteiger charge is -2.04. The minimum atomic E-state index is -1.34. The summed E-state index contributed by atoms with van der Waals surface area (Å²) in [6, 6.07) is 13.7. The molecule has 17 heavy (non-hydrogen) atoms. The molecule has 0 radical (unpaired) electrons. The van der Waals surface area contributed by atoms with Gasteiger partial charge in [-0.05, 0) is 29.8 Å². The van der Waals surface area contributed by atoms with Crippen LogP contribution in [0, 0.1) is 5.82 Å². The molecule has 0 bridgehead atoms. The SMILES string of the molecule is O=S(Cc1ccc(Br)cc1)c1ccccc1F. The summed E-state index contributed by atoms with van der Waals surface area (Å²) in [5, 5.41) is 0. The summed E-state index contributed by atoms with van der Waals surface area (Å²) < 4.78 is 26.4. The molecule has 0 aromatic heterocycles. The second kappa shape index (κ2) is 5.56. The Kier molecular flexibility index (Phi) is 4.07. The lowest BCUT2D eigenvalue weighted by Crippen LogP contribution is -1.98. The van der Waals surface area contributed by atoms with Crippen LogP contribution in [-0.2, 0) is 16.6 Å². The predicted molar refractivity (Wildman–Crippen MR) is 70.7 cm³/mol. The molecular formula is C13H10BrFOS. The van der Waals surface area contributed by atoms with Crippen molar-refractivity contribution in [2.45, 2.75) is 10.6 Å². The zero-order valence-electron chi connectivity index (χ0n) is 8.90. The Morgan fingerprint density at radius 2 is 1.71 bits per heavy atom. The zero-order valence-corrected chi connectivity index (χ0v) is 11.3. The first-order chi connectivity index (χ1) is 8.16. The molecule has 0 aliphatic heterocycles. The van der Waals surface area contributed by atoms with Crippen LogP contribution in [0.2, 0.25) is 0 Å². The summed E-state index contributed by atoms with van der Waals surface area (Å²) in [6.07, 6.45) is 0. The van der Waals surface area contributed by atoms with Gasteiger partial charge >= 0.3 is 0 Å². The van der Waals surface area contributed by atoms with Crippen LogP contribution in [0.1, 0.15) is 5.56 Å². The van der Waals surface area contributed by atoms with Crippen LogP contribution in [0.25, 0.3) is 0 Å². The van der Waals surface area contributed by atoms with Crippen molar-refractivity contribution in [1.29, 1.82) is 0 Å². The number of hydrogen-bond acceptors (Lipinski definition) is 1. The molecule has 0 spiro atoms. The van der Waals surface area contributed by atoms with Crippen molar-refractivity contribution in [3.8, 4) is 0 Å². The number of rotatable bonds is 3. The van der Waals surface area contributed by atoms with Crippen LogP contribution < -0.4 is 0 Å². The Morgan fingerprint density at radius 1 is 1.06 bits per heavy atom. The lowest BCUT2D eigenvalue weighted by atomic mass is 10.2. The van der Waals surface area contributed by atoms with Gasteiger partial charge in [-0.3, -0.25) is 4.21 Å². The van der Waals surface area contributed by atoms with Crippen LogP contribution in [-0.4, -0.2) is 4.21 Å². The fourth-order valence-corrected chi connectivity index (χ4v) is 2.87. The van der Waals surface area contributed by atoms with E-state index in [4.69, 9.17) is 0 Å². The standard InChI is InChI=1S/C13H10BrFOS/c14-11-7-5-10(6-8-11)9-17(16)13-4-2-1-3-12(13)15/h1-8H,9H2. The van der Waals surface area contributed by atoms with Crippen molar-refractivity contribution in [2.75, 3.05) is 0 Å². The van der Waals surface area contributed by atoms with E-state index in [1.807, 2.05) is 24.3 Å². The molecule has 0 saturated carbocycles. The molecule has 0 aliphatic rings. The summed E-state index contributed by atoms with van der Waals surface area (Å²) in [4.78, 5) is 0.260. The molecule has 0 aliphatic carbocycles. The van der Waals surface area contributed by atoms with Gasteiger partial charge in [0.1, 0.15) is 5.82 Å². The van der Waals surface area contributed by atoms with Crippen LogP contribution >= 0.6 is 15.9 Å². The van der Waals surface area contributed by atoms with E-state index >= 15 is 0 Å². The number of hydrogen-bond donors (Lipinski definition) is 0. The third kappa shape index (κ3) is 3.23. The highest BCUT2D eigenvalue weighted by atomic mass is 79.9. The molecule has 2 aromatic rings. The Balaban J connectivity index is 2.17. The van der Waals surface area contributed by atoms with Gasteiger partial charge in [0.2, 0.25) is 0 Å². The van der Waals surface area contributed by atoms with E-state index in [2.05, 4.69) is 15.9 Å². The first kappa shape index (κ1) is 12.5. The molecule has 1 nitrogen and oxygen atoms in total. The summed E-state index contributed by atoms with van der Waals surface area (Å²) in [5.41, 5.74) is 0.926. The van der Waals surface area contributed by atoms with Gasteiger partial charge < -0.3 is 0 Å². The van der Waals surface area contributed by atoms with Crippen molar-refractivity contribution in [1.82, 2.24) is 0 Å². The molecule has 0 fully saturated rings. The van der Waals surface area contributed by atoms with E-state index in [9.17, 15) is 8.60 Å². The second-order valence-corrected chi connectivity index (χ2v) is 5.88. The van der Waals surface area contributed by atoms with E-state index < -0.39 is 16.6 Å². The molecule has 0 N–H and O–H groups in total. The van der Waals surface area contributed by atoms with Crippen LogP contribution in [0.15, 0.2) is 57.9 Å². The lowest BCUT2D eigenvalue weighted by molar-refractivity contribution is 0.595. The fraction of sp³-hybridized carbons (Fsp3) is 0.0769. The monoisotopic (exact) mass is 312 g/mol. The third-order valence-corrected chi connectivity index (χ3v) is 4.24. The molecule has 0 saturated heterocycles. The van der Waals surface area contributed by atoms with Gasteiger partial charge in [0.05, 0.1) is 21.4 Å². The van der Waals surface area contributed by atoms with Gasteiger partial charge in [-0.25, -0.2) is 4.39 Å². The van der Waals surface area contributed by atoms with Crippen molar-refractivity contribution in [3.05, 3.63) is 64.4 Å². The highest BCUT2D eigenvalue weighted by Gasteiger charge is 2.09. The van der Waals surface area contributed by atoms with E-state index in [0.717, 1.165) is 10.0 Å². The maximum Gasteiger partial charge on any atom is 0.139 e. The fourth-order valence-electron chi connectivity index (χ4n) is 1.44. The quantitative estimate of drug-likeness (QED) is 0.840. The second-order valence-electron chi connectivity index (χ2n) is 3.55. The maximum absolute atomic E-state index is 13.4. The molecule has 4 heteroatoms. The predicted octanol–water partition coefficient (Wildman–Crippen LogP) is 3.90. The maximum atomic E-state index is 13.4. The van der Waals surface area contributed by atoms with Crippen molar-refractivity contribution in [3.63, 3.8) is 0 Å². The number of benzene rings is 2. The zero-order chi connectivity index (χ0) is 12.3. The Labute approximate surface area is 110 Å². The highest BCUT2D eigenvalue weighted by molar-refractivity contribution is 9.10. The summed E-state index contributed by atoms with van der Waals surface area (Å²) in [6.45, 7) is 0. The number of halogens is 2. The summed E-state index contributed by atoms with van der Waals surface area (Å²) in [7, 11) is -1.34. The van der Waals surface area contributed by atoms with E-state index in [0.29, 0.717) is 5.75 Å². The average Bonchev–Trinajstić information content (AvgIpc) is 2.32. The van der Waals surface area contributed by atoms with Gasteiger partial charge in [0, 0.05) is 4.47 Å². The summed E-state index contributed by atoms with van der Waals surface area (Å²) >= 11 is 3.33.